The summed E-state index contributed by atoms with van der Waals surface area (Å²) in [6, 6.07) is 8.48. The molecule has 0 spiro atoms. The summed E-state index contributed by atoms with van der Waals surface area (Å²) < 4.78 is 2.03. The number of benzene rings is 1. The molecule has 0 aliphatic carbocycles. The van der Waals surface area contributed by atoms with Gasteiger partial charge in [-0.1, -0.05) is 30.7 Å². The topological polar surface area (TPSA) is 54.3 Å². The zero-order valence-electron chi connectivity index (χ0n) is 16.2. The second kappa shape index (κ2) is 8.21. The van der Waals surface area contributed by atoms with Crippen LogP contribution in [0, 0.1) is 0 Å². The van der Waals surface area contributed by atoms with Crippen LogP contribution in [-0.2, 0) is 26.1 Å². The Labute approximate surface area is 161 Å². The fraction of sp³-hybridized carbons (Fsp3) is 0.571. The smallest absolute Gasteiger partial charge is 0.291 e. The highest BCUT2D eigenvalue weighted by molar-refractivity contribution is 5.90. The van der Waals surface area contributed by atoms with E-state index in [1.807, 2.05) is 11.6 Å². The molecule has 1 aromatic heterocycles. The number of likely N-dealkylation sites (tertiary alicyclic amines) is 1. The van der Waals surface area contributed by atoms with Crippen LogP contribution in [0.5, 0.6) is 0 Å². The van der Waals surface area contributed by atoms with Crippen LogP contribution in [0.3, 0.4) is 0 Å². The summed E-state index contributed by atoms with van der Waals surface area (Å²) in [5.74, 6) is 1.41. The van der Waals surface area contributed by atoms with Crippen molar-refractivity contribution in [2.45, 2.75) is 58.2 Å². The van der Waals surface area contributed by atoms with Gasteiger partial charge in [-0.05, 0) is 49.9 Å². The molecule has 27 heavy (non-hydrogen) atoms. The highest BCUT2D eigenvalue weighted by atomic mass is 16.2. The van der Waals surface area contributed by atoms with E-state index in [2.05, 4.69) is 39.4 Å². The van der Waals surface area contributed by atoms with E-state index >= 15 is 0 Å². The van der Waals surface area contributed by atoms with Crippen molar-refractivity contribution in [2.75, 3.05) is 20.1 Å². The molecule has 6 nitrogen and oxygen atoms in total. The van der Waals surface area contributed by atoms with E-state index in [0.717, 1.165) is 38.2 Å². The molecule has 2 aliphatic rings. The maximum atomic E-state index is 13.0. The number of carbonyl (C=O) groups excluding carboxylic acids is 1. The Morgan fingerprint density at radius 1 is 1.00 bits per heavy atom. The Bertz CT molecular complexity index is 794. The Balaban J connectivity index is 1.48. The molecule has 1 amide bonds. The van der Waals surface area contributed by atoms with Gasteiger partial charge in [-0.15, -0.1) is 10.2 Å². The van der Waals surface area contributed by atoms with Gasteiger partial charge in [-0.3, -0.25) is 9.69 Å². The normalized spacial score (nSPS) is 17.5. The van der Waals surface area contributed by atoms with Gasteiger partial charge in [0.25, 0.3) is 5.91 Å². The highest BCUT2D eigenvalue weighted by Crippen LogP contribution is 2.19. The van der Waals surface area contributed by atoms with E-state index < -0.39 is 0 Å². The number of aryl methyl sites for hydroxylation is 1. The maximum absolute atomic E-state index is 13.0. The molecule has 1 saturated heterocycles. The zero-order valence-corrected chi connectivity index (χ0v) is 16.2. The molecule has 0 N–H and O–H groups in total. The van der Waals surface area contributed by atoms with E-state index in [4.69, 9.17) is 0 Å². The molecule has 1 fully saturated rings. The Morgan fingerprint density at radius 3 is 2.56 bits per heavy atom. The lowest BCUT2D eigenvalue weighted by atomic mass is 10.1. The van der Waals surface area contributed by atoms with E-state index in [1.54, 1.807) is 4.90 Å². The van der Waals surface area contributed by atoms with Gasteiger partial charge in [0, 0.05) is 33.1 Å². The van der Waals surface area contributed by atoms with Gasteiger partial charge in [0.15, 0.2) is 0 Å². The lowest BCUT2D eigenvalue weighted by Gasteiger charge is -2.21. The number of amides is 1. The lowest BCUT2D eigenvalue weighted by molar-refractivity contribution is 0.0766. The van der Waals surface area contributed by atoms with Gasteiger partial charge in [0.1, 0.15) is 5.82 Å². The minimum absolute atomic E-state index is 0.0355. The predicted molar refractivity (Wildman–Crippen MR) is 104 cm³/mol. The molecule has 2 aromatic rings. The van der Waals surface area contributed by atoms with E-state index in [9.17, 15) is 4.79 Å². The summed E-state index contributed by atoms with van der Waals surface area (Å²) in [5.41, 5.74) is 2.54. The van der Waals surface area contributed by atoms with Crippen LogP contribution in [0.25, 0.3) is 0 Å². The standard InChI is InChI=1S/C21H29N5O/c1-24(21(27)20-23-22-19-11-3-2-6-14-26(19)20)15-17-9-4-5-10-18(17)16-25-12-7-8-13-25/h4-5,9-10H,2-3,6-8,11-16H2,1H3. The molecule has 0 atom stereocenters. The Morgan fingerprint density at radius 2 is 1.74 bits per heavy atom. The number of hydrogen-bond donors (Lipinski definition) is 0. The van der Waals surface area contributed by atoms with Gasteiger partial charge < -0.3 is 9.47 Å². The van der Waals surface area contributed by atoms with Crippen LogP contribution < -0.4 is 0 Å². The molecule has 4 rings (SSSR count). The molecule has 0 radical (unpaired) electrons. The first-order valence-electron chi connectivity index (χ1n) is 10.2. The summed E-state index contributed by atoms with van der Waals surface area (Å²) >= 11 is 0. The number of carbonyl (C=O) groups is 1. The molecule has 0 saturated carbocycles. The first kappa shape index (κ1) is 18.2. The Kier molecular flexibility index (Phi) is 5.53. The number of fused-ring (bicyclic) bond motifs is 1. The molecule has 6 heteroatoms. The molecular formula is C21H29N5O. The van der Waals surface area contributed by atoms with Crippen LogP contribution >= 0.6 is 0 Å². The minimum Gasteiger partial charge on any atom is -0.335 e. The highest BCUT2D eigenvalue weighted by Gasteiger charge is 2.23. The molecule has 1 aromatic carbocycles. The summed E-state index contributed by atoms with van der Waals surface area (Å²) in [6.45, 7) is 4.77. The van der Waals surface area contributed by atoms with E-state index in [0.29, 0.717) is 12.4 Å². The van der Waals surface area contributed by atoms with Crippen molar-refractivity contribution >= 4 is 5.91 Å². The van der Waals surface area contributed by atoms with Gasteiger partial charge >= 0.3 is 0 Å². The monoisotopic (exact) mass is 367 g/mol. The predicted octanol–water partition coefficient (Wildman–Crippen LogP) is 2.87. The van der Waals surface area contributed by atoms with Crippen molar-refractivity contribution in [1.29, 1.82) is 0 Å². The largest absolute Gasteiger partial charge is 0.335 e. The molecule has 0 bridgehead atoms. The average molecular weight is 367 g/mol. The molecule has 0 unspecified atom stereocenters. The number of hydrogen-bond acceptors (Lipinski definition) is 4. The van der Waals surface area contributed by atoms with E-state index in [-0.39, 0.29) is 5.91 Å². The third kappa shape index (κ3) is 4.05. The van der Waals surface area contributed by atoms with Crippen LogP contribution in [0.15, 0.2) is 24.3 Å². The SMILES string of the molecule is CN(Cc1ccccc1CN1CCCC1)C(=O)c1nnc2n1CCCCC2. The third-order valence-electron chi connectivity index (χ3n) is 5.77. The molecular weight excluding hydrogens is 338 g/mol. The molecule has 3 heterocycles. The van der Waals surface area contributed by atoms with Crippen molar-refractivity contribution in [3.05, 3.63) is 47.0 Å². The third-order valence-corrected chi connectivity index (χ3v) is 5.77. The van der Waals surface area contributed by atoms with Gasteiger partial charge in [0.2, 0.25) is 5.82 Å². The number of nitrogens with zero attached hydrogens (tertiary/aromatic N) is 5. The van der Waals surface area contributed by atoms with Gasteiger partial charge in [0.05, 0.1) is 0 Å². The minimum atomic E-state index is -0.0355. The van der Waals surface area contributed by atoms with Crippen molar-refractivity contribution < 1.29 is 4.79 Å². The van der Waals surface area contributed by atoms with E-state index in [1.165, 1.54) is 43.5 Å². The Hall–Kier alpha value is -2.21. The molecule has 144 valence electrons. The van der Waals surface area contributed by atoms with Crippen molar-refractivity contribution in [3.8, 4) is 0 Å². The van der Waals surface area contributed by atoms with Crippen molar-refractivity contribution in [1.82, 2.24) is 24.6 Å². The average Bonchev–Trinajstić information content (AvgIpc) is 3.27. The second-order valence-electron chi connectivity index (χ2n) is 7.82. The summed E-state index contributed by atoms with van der Waals surface area (Å²) in [5, 5.41) is 8.49. The van der Waals surface area contributed by atoms with Gasteiger partial charge in [-0.25, -0.2) is 0 Å². The summed E-state index contributed by atoms with van der Waals surface area (Å²) in [6.07, 6.45) is 6.91. The second-order valence-corrected chi connectivity index (χ2v) is 7.82. The number of rotatable bonds is 5. The fourth-order valence-electron chi connectivity index (χ4n) is 4.19. The van der Waals surface area contributed by atoms with Crippen LogP contribution in [-0.4, -0.2) is 50.6 Å². The zero-order chi connectivity index (χ0) is 18.6. The summed E-state index contributed by atoms with van der Waals surface area (Å²) in [4.78, 5) is 17.3. The first-order chi connectivity index (χ1) is 13.2. The number of aromatic nitrogens is 3. The first-order valence-corrected chi connectivity index (χ1v) is 10.2. The fourth-order valence-corrected chi connectivity index (χ4v) is 4.19. The quantitative estimate of drug-likeness (QED) is 0.815. The van der Waals surface area contributed by atoms with Crippen molar-refractivity contribution in [2.24, 2.45) is 0 Å². The van der Waals surface area contributed by atoms with Crippen LogP contribution in [0.2, 0.25) is 0 Å². The van der Waals surface area contributed by atoms with Crippen LogP contribution in [0.4, 0.5) is 0 Å². The maximum Gasteiger partial charge on any atom is 0.291 e. The summed E-state index contributed by atoms with van der Waals surface area (Å²) in [7, 11) is 1.87. The van der Waals surface area contributed by atoms with Crippen LogP contribution in [0.1, 0.15) is 59.7 Å². The molecule has 2 aliphatic heterocycles. The van der Waals surface area contributed by atoms with Crippen molar-refractivity contribution in [3.63, 3.8) is 0 Å². The lowest BCUT2D eigenvalue weighted by Crippen LogP contribution is -2.30. The van der Waals surface area contributed by atoms with Gasteiger partial charge in [-0.2, -0.15) is 0 Å².